The standard InChI is InChI=1S/C10H12O2S/c1-7(11)8-4-5-9(12-2)10(6-8)13-3/h4-6H,1-3H3. The van der Waals surface area contributed by atoms with E-state index in [1.807, 2.05) is 18.4 Å². The summed E-state index contributed by atoms with van der Waals surface area (Å²) in [6.45, 7) is 1.56. The van der Waals surface area contributed by atoms with E-state index in [9.17, 15) is 4.79 Å². The van der Waals surface area contributed by atoms with E-state index in [1.165, 1.54) is 0 Å². The fourth-order valence-corrected chi connectivity index (χ4v) is 1.65. The van der Waals surface area contributed by atoms with Gasteiger partial charge < -0.3 is 4.74 Å². The average molecular weight is 196 g/mol. The van der Waals surface area contributed by atoms with Gasteiger partial charge in [-0.05, 0) is 31.4 Å². The maximum Gasteiger partial charge on any atom is 0.159 e. The third-order valence-electron chi connectivity index (χ3n) is 1.79. The molecule has 0 spiro atoms. The van der Waals surface area contributed by atoms with Gasteiger partial charge in [0.25, 0.3) is 0 Å². The molecule has 0 saturated carbocycles. The van der Waals surface area contributed by atoms with Crippen molar-refractivity contribution in [3.05, 3.63) is 23.8 Å². The minimum atomic E-state index is 0.0814. The molecule has 1 aromatic carbocycles. The highest BCUT2D eigenvalue weighted by Crippen LogP contribution is 2.28. The summed E-state index contributed by atoms with van der Waals surface area (Å²) in [7, 11) is 1.63. The zero-order valence-corrected chi connectivity index (χ0v) is 8.77. The molecular formula is C10H12O2S. The predicted molar refractivity (Wildman–Crippen MR) is 54.8 cm³/mol. The van der Waals surface area contributed by atoms with E-state index in [0.717, 1.165) is 16.2 Å². The molecule has 0 heterocycles. The van der Waals surface area contributed by atoms with Crippen LogP contribution in [0.25, 0.3) is 0 Å². The molecule has 0 amide bonds. The number of Topliss-reactive ketones (excluding diaryl/α,β-unsaturated/α-hetero) is 1. The van der Waals surface area contributed by atoms with Crippen LogP contribution in [0.1, 0.15) is 17.3 Å². The Hall–Kier alpha value is -0.960. The first-order valence-corrected chi connectivity index (χ1v) is 5.14. The van der Waals surface area contributed by atoms with Crippen LogP contribution in [0.4, 0.5) is 0 Å². The van der Waals surface area contributed by atoms with Crippen molar-refractivity contribution in [3.63, 3.8) is 0 Å². The van der Waals surface area contributed by atoms with Gasteiger partial charge in [-0.15, -0.1) is 11.8 Å². The lowest BCUT2D eigenvalue weighted by molar-refractivity contribution is 0.101. The van der Waals surface area contributed by atoms with E-state index in [2.05, 4.69) is 0 Å². The van der Waals surface area contributed by atoms with Gasteiger partial charge >= 0.3 is 0 Å². The quantitative estimate of drug-likeness (QED) is 0.549. The predicted octanol–water partition coefficient (Wildman–Crippen LogP) is 2.62. The second-order valence-electron chi connectivity index (χ2n) is 2.63. The molecule has 0 saturated heterocycles. The summed E-state index contributed by atoms with van der Waals surface area (Å²) in [5, 5.41) is 0. The molecule has 1 aromatic rings. The lowest BCUT2D eigenvalue weighted by Crippen LogP contribution is -1.93. The van der Waals surface area contributed by atoms with E-state index < -0.39 is 0 Å². The lowest BCUT2D eigenvalue weighted by atomic mass is 10.1. The Morgan fingerprint density at radius 3 is 2.62 bits per heavy atom. The molecule has 70 valence electrons. The van der Waals surface area contributed by atoms with Crippen molar-refractivity contribution < 1.29 is 9.53 Å². The molecule has 0 aliphatic carbocycles. The summed E-state index contributed by atoms with van der Waals surface area (Å²) in [4.78, 5) is 12.1. The summed E-state index contributed by atoms with van der Waals surface area (Å²) in [6, 6.07) is 5.45. The summed E-state index contributed by atoms with van der Waals surface area (Å²) < 4.78 is 5.14. The van der Waals surface area contributed by atoms with Crippen molar-refractivity contribution in [1.29, 1.82) is 0 Å². The molecule has 0 unspecified atom stereocenters. The SMILES string of the molecule is COc1ccc(C(C)=O)cc1SC. The molecule has 2 nitrogen and oxygen atoms in total. The average Bonchev–Trinajstić information content (AvgIpc) is 2.16. The number of carbonyl (C=O) groups is 1. The number of rotatable bonds is 3. The van der Waals surface area contributed by atoms with Crippen LogP contribution in [0.5, 0.6) is 5.75 Å². The van der Waals surface area contributed by atoms with Crippen molar-refractivity contribution in [2.75, 3.05) is 13.4 Å². The zero-order chi connectivity index (χ0) is 9.84. The molecule has 3 heteroatoms. The highest BCUT2D eigenvalue weighted by molar-refractivity contribution is 7.98. The third-order valence-corrected chi connectivity index (χ3v) is 2.55. The summed E-state index contributed by atoms with van der Waals surface area (Å²) in [6.07, 6.45) is 1.96. The van der Waals surface area contributed by atoms with Gasteiger partial charge in [0, 0.05) is 10.5 Å². The number of carbonyl (C=O) groups excluding carboxylic acids is 1. The normalized spacial score (nSPS) is 9.77. The van der Waals surface area contributed by atoms with Crippen LogP contribution in [0.2, 0.25) is 0 Å². The van der Waals surface area contributed by atoms with Crippen LogP contribution >= 0.6 is 11.8 Å². The smallest absolute Gasteiger partial charge is 0.159 e. The second-order valence-corrected chi connectivity index (χ2v) is 3.47. The first kappa shape index (κ1) is 10.1. The van der Waals surface area contributed by atoms with Crippen molar-refractivity contribution in [2.24, 2.45) is 0 Å². The monoisotopic (exact) mass is 196 g/mol. The highest BCUT2D eigenvalue weighted by Gasteiger charge is 2.05. The van der Waals surface area contributed by atoms with E-state index in [1.54, 1.807) is 31.9 Å². The van der Waals surface area contributed by atoms with Crippen molar-refractivity contribution in [1.82, 2.24) is 0 Å². The molecule has 0 aliphatic rings. The Morgan fingerprint density at radius 1 is 1.46 bits per heavy atom. The second kappa shape index (κ2) is 4.33. The fourth-order valence-electron chi connectivity index (χ4n) is 1.06. The van der Waals surface area contributed by atoms with Gasteiger partial charge in [0.05, 0.1) is 7.11 Å². The highest BCUT2D eigenvalue weighted by atomic mass is 32.2. The number of methoxy groups -OCH3 is 1. The largest absolute Gasteiger partial charge is 0.496 e. The number of ether oxygens (including phenoxy) is 1. The van der Waals surface area contributed by atoms with Crippen LogP contribution in [-0.2, 0) is 0 Å². The van der Waals surface area contributed by atoms with Crippen LogP contribution < -0.4 is 4.74 Å². The Morgan fingerprint density at radius 2 is 2.15 bits per heavy atom. The Balaban J connectivity index is 3.13. The summed E-state index contributed by atoms with van der Waals surface area (Å²) in [5.41, 5.74) is 0.727. The molecule has 0 fully saturated rings. The molecule has 0 bridgehead atoms. The molecule has 0 radical (unpaired) electrons. The van der Waals surface area contributed by atoms with Crippen molar-refractivity contribution in [2.45, 2.75) is 11.8 Å². The number of thioether (sulfide) groups is 1. The van der Waals surface area contributed by atoms with Gasteiger partial charge in [0.1, 0.15) is 5.75 Å². The third kappa shape index (κ3) is 2.25. The molecule has 0 aliphatic heterocycles. The van der Waals surface area contributed by atoms with Gasteiger partial charge in [-0.25, -0.2) is 0 Å². The minimum Gasteiger partial charge on any atom is -0.496 e. The van der Waals surface area contributed by atoms with Gasteiger partial charge in [-0.1, -0.05) is 0 Å². The van der Waals surface area contributed by atoms with Gasteiger partial charge in [0.2, 0.25) is 0 Å². The molecule has 1 rings (SSSR count). The molecule has 0 N–H and O–H groups in total. The Kier molecular flexibility index (Phi) is 3.37. The Bertz CT molecular complexity index is 321. The first-order chi connectivity index (χ1) is 6.19. The number of benzene rings is 1. The lowest BCUT2D eigenvalue weighted by Gasteiger charge is -2.06. The van der Waals surface area contributed by atoms with Crippen LogP contribution in [-0.4, -0.2) is 19.1 Å². The van der Waals surface area contributed by atoms with E-state index in [4.69, 9.17) is 4.74 Å². The first-order valence-electron chi connectivity index (χ1n) is 3.92. The maximum atomic E-state index is 11.1. The molecular weight excluding hydrogens is 184 g/mol. The van der Waals surface area contributed by atoms with Crippen LogP contribution in [0.15, 0.2) is 23.1 Å². The van der Waals surface area contributed by atoms with Crippen LogP contribution in [0, 0.1) is 0 Å². The van der Waals surface area contributed by atoms with E-state index in [-0.39, 0.29) is 5.78 Å². The number of ketones is 1. The zero-order valence-electron chi connectivity index (χ0n) is 7.96. The van der Waals surface area contributed by atoms with Gasteiger partial charge in [0.15, 0.2) is 5.78 Å². The van der Waals surface area contributed by atoms with Gasteiger partial charge in [-0.3, -0.25) is 4.79 Å². The molecule has 13 heavy (non-hydrogen) atoms. The summed E-state index contributed by atoms with van der Waals surface area (Å²) in [5.74, 6) is 0.899. The molecule has 0 aromatic heterocycles. The summed E-state index contributed by atoms with van der Waals surface area (Å²) >= 11 is 1.57. The van der Waals surface area contributed by atoms with E-state index in [0.29, 0.717) is 0 Å². The minimum absolute atomic E-state index is 0.0814. The van der Waals surface area contributed by atoms with E-state index >= 15 is 0 Å². The van der Waals surface area contributed by atoms with Gasteiger partial charge in [-0.2, -0.15) is 0 Å². The number of hydrogen-bond donors (Lipinski definition) is 0. The van der Waals surface area contributed by atoms with Crippen LogP contribution in [0.3, 0.4) is 0 Å². The maximum absolute atomic E-state index is 11.1. The van der Waals surface area contributed by atoms with Crippen molar-refractivity contribution >= 4 is 17.5 Å². The molecule has 0 atom stereocenters. The number of hydrogen-bond acceptors (Lipinski definition) is 3. The fraction of sp³-hybridized carbons (Fsp3) is 0.300. The van der Waals surface area contributed by atoms with Crippen molar-refractivity contribution in [3.8, 4) is 5.75 Å². The topological polar surface area (TPSA) is 26.3 Å². The Labute approximate surface area is 82.3 Å².